The number of aromatic nitrogens is 4. The Morgan fingerprint density at radius 3 is 2.62 bits per heavy atom. The summed E-state index contributed by atoms with van der Waals surface area (Å²) in [5.74, 6) is 0.662. The highest BCUT2D eigenvalue weighted by Gasteiger charge is 2.27. The molecule has 2 fully saturated rings. The van der Waals surface area contributed by atoms with Crippen LogP contribution in [0.15, 0.2) is 29.4 Å². The van der Waals surface area contributed by atoms with Crippen molar-refractivity contribution in [3.8, 4) is 11.4 Å². The first-order chi connectivity index (χ1) is 15.4. The standard InChI is InChI=1S/C22H27N5O4S/c1-15-21(32(2,28)29)16-6-8-23-20(19(16)25-22(15)26-10-13-30-14-11-26)17-7-9-24-27(17)18-5-3-4-12-31-18/h6-9,18H,3-5,10-14H2,1-2H3. The third-order valence-corrected chi connectivity index (χ3v) is 7.35. The number of ether oxygens (including phenoxy) is 2. The SMILES string of the molecule is Cc1c(N2CCOCC2)nc2c(-c3ccnn3C3CCCCO3)nccc2c1S(C)(=O)=O. The van der Waals surface area contributed by atoms with E-state index in [-0.39, 0.29) is 6.23 Å². The molecule has 2 saturated heterocycles. The predicted molar refractivity (Wildman–Crippen MR) is 120 cm³/mol. The molecule has 0 aromatic carbocycles. The van der Waals surface area contributed by atoms with Crippen molar-refractivity contribution in [3.63, 3.8) is 0 Å². The number of nitrogens with zero attached hydrogens (tertiary/aromatic N) is 5. The second kappa shape index (κ2) is 8.42. The van der Waals surface area contributed by atoms with Crippen LogP contribution in [0.2, 0.25) is 0 Å². The first-order valence-electron chi connectivity index (χ1n) is 10.9. The molecule has 3 aromatic heterocycles. The monoisotopic (exact) mass is 457 g/mol. The first kappa shape index (κ1) is 21.3. The lowest BCUT2D eigenvalue weighted by atomic mass is 10.1. The maximum atomic E-state index is 12.9. The number of hydrogen-bond donors (Lipinski definition) is 0. The fourth-order valence-corrected chi connectivity index (χ4v) is 5.85. The smallest absolute Gasteiger partial charge is 0.176 e. The van der Waals surface area contributed by atoms with Crippen LogP contribution in [0.3, 0.4) is 0 Å². The first-order valence-corrected chi connectivity index (χ1v) is 12.8. The zero-order chi connectivity index (χ0) is 22.3. The van der Waals surface area contributed by atoms with Crippen molar-refractivity contribution >= 4 is 26.6 Å². The molecule has 9 nitrogen and oxygen atoms in total. The molecule has 0 amide bonds. The van der Waals surface area contributed by atoms with E-state index in [2.05, 4.69) is 15.0 Å². The van der Waals surface area contributed by atoms with Gasteiger partial charge in [-0.05, 0) is 38.3 Å². The van der Waals surface area contributed by atoms with Crippen molar-refractivity contribution in [1.82, 2.24) is 19.7 Å². The molecule has 0 aliphatic carbocycles. The maximum absolute atomic E-state index is 12.9. The summed E-state index contributed by atoms with van der Waals surface area (Å²) in [4.78, 5) is 12.0. The molecular formula is C22H27N5O4S. The average Bonchev–Trinajstić information content (AvgIpc) is 3.28. The predicted octanol–water partition coefficient (Wildman–Crippen LogP) is 2.74. The van der Waals surface area contributed by atoms with Gasteiger partial charge in [-0.25, -0.2) is 18.1 Å². The Labute approximate surface area is 187 Å². The molecule has 2 aliphatic rings. The van der Waals surface area contributed by atoms with Crippen LogP contribution in [0.4, 0.5) is 5.82 Å². The molecule has 0 N–H and O–H groups in total. The lowest BCUT2D eigenvalue weighted by Gasteiger charge is -2.30. The summed E-state index contributed by atoms with van der Waals surface area (Å²) in [7, 11) is -3.51. The van der Waals surface area contributed by atoms with Crippen molar-refractivity contribution in [3.05, 3.63) is 30.1 Å². The van der Waals surface area contributed by atoms with Crippen LogP contribution in [0.5, 0.6) is 0 Å². The van der Waals surface area contributed by atoms with E-state index in [1.165, 1.54) is 6.26 Å². The highest BCUT2D eigenvalue weighted by molar-refractivity contribution is 7.91. The minimum Gasteiger partial charge on any atom is -0.378 e. The van der Waals surface area contributed by atoms with Crippen molar-refractivity contribution in [2.45, 2.75) is 37.3 Å². The van der Waals surface area contributed by atoms with Crippen LogP contribution in [0, 0.1) is 6.92 Å². The fraction of sp³-hybridized carbons (Fsp3) is 0.500. The summed E-state index contributed by atoms with van der Waals surface area (Å²) in [6, 6.07) is 3.62. The minimum absolute atomic E-state index is 0.163. The molecule has 0 spiro atoms. The van der Waals surface area contributed by atoms with Crippen molar-refractivity contribution in [2.24, 2.45) is 0 Å². The Kier molecular flexibility index (Phi) is 5.60. The van der Waals surface area contributed by atoms with Gasteiger partial charge in [0.1, 0.15) is 17.0 Å². The van der Waals surface area contributed by atoms with Gasteiger partial charge in [0.05, 0.1) is 23.8 Å². The van der Waals surface area contributed by atoms with Gasteiger partial charge in [-0.1, -0.05) is 0 Å². The molecule has 10 heteroatoms. The number of rotatable bonds is 4. The zero-order valence-corrected chi connectivity index (χ0v) is 19.1. The lowest BCUT2D eigenvalue weighted by Crippen LogP contribution is -2.37. The Balaban J connectivity index is 1.75. The summed E-state index contributed by atoms with van der Waals surface area (Å²) in [6.07, 6.45) is 7.44. The summed E-state index contributed by atoms with van der Waals surface area (Å²) >= 11 is 0. The van der Waals surface area contributed by atoms with E-state index < -0.39 is 9.84 Å². The Morgan fingerprint density at radius 2 is 1.91 bits per heavy atom. The van der Waals surface area contributed by atoms with E-state index >= 15 is 0 Å². The Morgan fingerprint density at radius 1 is 1.09 bits per heavy atom. The van der Waals surface area contributed by atoms with Gasteiger partial charge < -0.3 is 14.4 Å². The number of pyridine rings is 2. The molecule has 0 bridgehead atoms. The molecular weight excluding hydrogens is 430 g/mol. The van der Waals surface area contributed by atoms with E-state index in [0.717, 1.165) is 25.0 Å². The molecule has 0 radical (unpaired) electrons. The number of morpholine rings is 1. The molecule has 3 aromatic rings. The van der Waals surface area contributed by atoms with Gasteiger partial charge in [-0.3, -0.25) is 4.98 Å². The van der Waals surface area contributed by atoms with Gasteiger partial charge in [0.25, 0.3) is 0 Å². The van der Waals surface area contributed by atoms with Crippen LogP contribution in [-0.2, 0) is 19.3 Å². The molecule has 170 valence electrons. The third kappa shape index (κ3) is 3.76. The van der Waals surface area contributed by atoms with Crippen LogP contribution in [0.1, 0.15) is 31.1 Å². The van der Waals surface area contributed by atoms with Crippen LogP contribution in [0.25, 0.3) is 22.3 Å². The summed E-state index contributed by atoms with van der Waals surface area (Å²) in [6.45, 7) is 5.01. The molecule has 5 rings (SSSR count). The Bertz CT molecular complexity index is 1240. The topological polar surface area (TPSA) is 99.4 Å². The van der Waals surface area contributed by atoms with E-state index in [9.17, 15) is 8.42 Å². The van der Waals surface area contributed by atoms with Gasteiger partial charge in [-0.2, -0.15) is 5.10 Å². The van der Waals surface area contributed by atoms with Crippen LogP contribution in [-0.4, -0.2) is 67.3 Å². The van der Waals surface area contributed by atoms with E-state index in [1.54, 1.807) is 18.5 Å². The van der Waals surface area contributed by atoms with Crippen LogP contribution >= 0.6 is 0 Å². The summed E-state index contributed by atoms with van der Waals surface area (Å²) in [5, 5.41) is 5.08. The lowest BCUT2D eigenvalue weighted by molar-refractivity contribution is -0.0383. The number of hydrogen-bond acceptors (Lipinski definition) is 8. The fourth-order valence-electron chi connectivity index (χ4n) is 4.64. The van der Waals surface area contributed by atoms with Crippen molar-refractivity contribution in [2.75, 3.05) is 44.1 Å². The van der Waals surface area contributed by atoms with Gasteiger partial charge in [-0.15, -0.1) is 0 Å². The van der Waals surface area contributed by atoms with E-state index in [0.29, 0.717) is 65.8 Å². The van der Waals surface area contributed by atoms with Crippen molar-refractivity contribution in [1.29, 1.82) is 0 Å². The molecule has 32 heavy (non-hydrogen) atoms. The molecule has 2 aliphatic heterocycles. The number of anilines is 1. The third-order valence-electron chi connectivity index (χ3n) is 6.09. The highest BCUT2D eigenvalue weighted by atomic mass is 32.2. The largest absolute Gasteiger partial charge is 0.378 e. The summed E-state index contributed by atoms with van der Waals surface area (Å²) in [5.41, 5.74) is 2.58. The maximum Gasteiger partial charge on any atom is 0.176 e. The molecule has 5 heterocycles. The molecule has 1 unspecified atom stereocenters. The number of fused-ring (bicyclic) bond motifs is 1. The second-order valence-electron chi connectivity index (χ2n) is 8.30. The average molecular weight is 458 g/mol. The summed E-state index contributed by atoms with van der Waals surface area (Å²) < 4.78 is 39.0. The molecule has 1 atom stereocenters. The minimum atomic E-state index is -3.51. The van der Waals surface area contributed by atoms with Gasteiger partial charge in [0.2, 0.25) is 0 Å². The zero-order valence-electron chi connectivity index (χ0n) is 18.3. The molecule has 0 saturated carbocycles. The van der Waals surface area contributed by atoms with Gasteiger partial charge in [0.15, 0.2) is 16.1 Å². The normalized spacial score (nSPS) is 20.1. The quantitative estimate of drug-likeness (QED) is 0.590. The van der Waals surface area contributed by atoms with Crippen LogP contribution < -0.4 is 4.90 Å². The highest BCUT2D eigenvalue weighted by Crippen LogP contribution is 2.37. The second-order valence-corrected chi connectivity index (χ2v) is 10.3. The Hall–Kier alpha value is -2.56. The van der Waals surface area contributed by atoms with Crippen molar-refractivity contribution < 1.29 is 17.9 Å². The van der Waals surface area contributed by atoms with Gasteiger partial charge in [0, 0.05) is 49.3 Å². The van der Waals surface area contributed by atoms with E-state index in [1.807, 2.05) is 17.7 Å². The van der Waals surface area contributed by atoms with E-state index in [4.69, 9.17) is 14.5 Å². The van der Waals surface area contributed by atoms with Gasteiger partial charge >= 0.3 is 0 Å². The number of sulfone groups is 1.